The molecule has 0 saturated carbocycles. The highest BCUT2D eigenvalue weighted by Gasteiger charge is 2.41. The molecule has 0 amide bonds. The summed E-state index contributed by atoms with van der Waals surface area (Å²) in [6.45, 7) is 0.896. The molecule has 104 valence electrons. The highest BCUT2D eigenvalue weighted by atomic mass is 15.0. The van der Waals surface area contributed by atoms with Gasteiger partial charge >= 0.3 is 0 Å². The van der Waals surface area contributed by atoms with E-state index < -0.39 is 0 Å². The zero-order valence-electron chi connectivity index (χ0n) is 13.0. The second kappa shape index (κ2) is 6.96. The fourth-order valence-electron chi connectivity index (χ4n) is 3.24. The second-order valence-corrected chi connectivity index (χ2v) is 5.99. The molecule has 4 heteroatoms. The van der Waals surface area contributed by atoms with Gasteiger partial charge in [-0.1, -0.05) is 60.8 Å². The average Bonchev–Trinajstić information content (AvgIpc) is 2.77. The number of nitrogens with zero attached hydrogens (tertiary/aromatic N) is 2. The Morgan fingerprint density at radius 3 is 1.15 bits per heavy atom. The van der Waals surface area contributed by atoms with Crippen molar-refractivity contribution in [2.45, 2.75) is 11.6 Å². The molecular weight excluding hydrogens is 242 g/mol. The first kappa shape index (κ1) is 15.1. The van der Waals surface area contributed by atoms with Gasteiger partial charge in [0.05, 0.1) is 0 Å². The van der Waals surface area contributed by atoms with Gasteiger partial charge in [-0.3, -0.25) is 0 Å². The topological polar surface area (TPSA) is 6.48 Å². The lowest BCUT2D eigenvalue weighted by molar-refractivity contribution is 0.612. The largest absolute Gasteiger partial charge is 0.351 e. The van der Waals surface area contributed by atoms with Crippen molar-refractivity contribution in [2.75, 3.05) is 28.2 Å². The Kier molecular flexibility index (Phi) is 5.27. The standard InChI is InChI=1S/C16H24B2N2/c1-19(2)17(15-11-7-5-6-8-12-15)18(20(3)4)16-13-9-10-14-16/h5-16H,1-4H3. The average molecular weight is 266 g/mol. The monoisotopic (exact) mass is 266 g/mol. The van der Waals surface area contributed by atoms with Crippen molar-refractivity contribution in [1.29, 1.82) is 0 Å². The third kappa shape index (κ3) is 3.44. The summed E-state index contributed by atoms with van der Waals surface area (Å²) in [4.78, 5) is 4.71. The van der Waals surface area contributed by atoms with Gasteiger partial charge in [0.25, 0.3) is 0 Å². The van der Waals surface area contributed by atoms with E-state index in [1.54, 1.807) is 0 Å². The van der Waals surface area contributed by atoms with Crippen molar-refractivity contribution in [3.05, 3.63) is 60.8 Å². The van der Waals surface area contributed by atoms with Gasteiger partial charge in [-0.2, -0.15) is 0 Å². The molecule has 0 aromatic heterocycles. The van der Waals surface area contributed by atoms with E-state index in [0.29, 0.717) is 25.1 Å². The normalized spacial score (nSPS) is 18.5. The first-order valence-corrected chi connectivity index (χ1v) is 7.31. The highest BCUT2D eigenvalue weighted by Crippen LogP contribution is 2.29. The summed E-state index contributed by atoms with van der Waals surface area (Å²) in [5, 5.41) is 0. The van der Waals surface area contributed by atoms with E-state index in [2.05, 4.69) is 98.6 Å². The molecule has 0 bridgehead atoms. The summed E-state index contributed by atoms with van der Waals surface area (Å²) in [5.41, 5.74) is 0. The number of hydrogen-bond donors (Lipinski definition) is 0. The Morgan fingerprint density at radius 2 is 0.850 bits per heavy atom. The van der Waals surface area contributed by atoms with Crippen LogP contribution in [0.1, 0.15) is 0 Å². The van der Waals surface area contributed by atoms with E-state index in [1.165, 1.54) is 0 Å². The van der Waals surface area contributed by atoms with Crippen molar-refractivity contribution >= 4 is 13.5 Å². The van der Waals surface area contributed by atoms with E-state index in [1.807, 2.05) is 0 Å². The van der Waals surface area contributed by atoms with Gasteiger partial charge in [0.1, 0.15) is 0 Å². The predicted molar refractivity (Wildman–Crippen MR) is 92.1 cm³/mol. The van der Waals surface area contributed by atoms with Gasteiger partial charge in [-0.25, -0.2) is 0 Å². The van der Waals surface area contributed by atoms with Crippen LogP contribution >= 0.6 is 0 Å². The summed E-state index contributed by atoms with van der Waals surface area (Å²) < 4.78 is 0. The van der Waals surface area contributed by atoms with Crippen molar-refractivity contribution in [2.24, 2.45) is 0 Å². The van der Waals surface area contributed by atoms with Crippen molar-refractivity contribution < 1.29 is 0 Å². The summed E-state index contributed by atoms with van der Waals surface area (Å²) in [6.07, 6.45) is 22.1. The van der Waals surface area contributed by atoms with E-state index in [9.17, 15) is 0 Å². The molecule has 0 heterocycles. The second-order valence-electron chi connectivity index (χ2n) is 5.99. The lowest BCUT2D eigenvalue weighted by Gasteiger charge is -2.36. The van der Waals surface area contributed by atoms with Crippen LogP contribution < -0.4 is 0 Å². The molecule has 0 aromatic rings. The quantitative estimate of drug-likeness (QED) is 0.706. The van der Waals surface area contributed by atoms with E-state index in [-0.39, 0.29) is 0 Å². The fourth-order valence-corrected chi connectivity index (χ4v) is 3.24. The minimum absolute atomic E-state index is 0.426. The van der Waals surface area contributed by atoms with Crippen molar-refractivity contribution in [3.8, 4) is 0 Å². The van der Waals surface area contributed by atoms with Gasteiger partial charge in [-0.15, -0.1) is 0 Å². The Labute approximate surface area is 124 Å². The first-order valence-electron chi connectivity index (χ1n) is 7.31. The van der Waals surface area contributed by atoms with Crippen molar-refractivity contribution in [1.82, 2.24) is 9.62 Å². The van der Waals surface area contributed by atoms with Gasteiger partial charge in [-0.05, 0) is 39.8 Å². The Hall–Kier alpha value is -1.25. The summed E-state index contributed by atoms with van der Waals surface area (Å²) >= 11 is 0. The van der Waals surface area contributed by atoms with E-state index >= 15 is 0 Å². The zero-order valence-corrected chi connectivity index (χ0v) is 13.0. The summed E-state index contributed by atoms with van der Waals surface area (Å²) in [7, 11) is 8.74. The van der Waals surface area contributed by atoms with Crippen LogP contribution in [0, 0.1) is 0 Å². The van der Waals surface area contributed by atoms with Gasteiger partial charge in [0.2, 0.25) is 13.5 Å². The molecule has 2 aliphatic carbocycles. The lowest BCUT2D eigenvalue weighted by Crippen LogP contribution is -2.58. The SMILES string of the molecule is CN(C)B(B(C1C=CC=C1)N(C)C)C1C=CC=CC=C1. The molecule has 0 N–H and O–H groups in total. The molecular formula is C16H24B2N2. The van der Waals surface area contributed by atoms with Crippen molar-refractivity contribution in [3.63, 3.8) is 0 Å². The third-order valence-corrected chi connectivity index (χ3v) is 4.11. The maximum absolute atomic E-state index is 2.36. The maximum Gasteiger partial charge on any atom is 0.219 e. The van der Waals surface area contributed by atoms with Crippen LogP contribution in [-0.4, -0.2) is 51.3 Å². The summed E-state index contributed by atoms with van der Waals surface area (Å²) in [6, 6.07) is 0. The molecule has 0 aromatic carbocycles. The van der Waals surface area contributed by atoms with E-state index in [0.717, 1.165) is 0 Å². The van der Waals surface area contributed by atoms with Crippen LogP contribution in [0.5, 0.6) is 0 Å². The van der Waals surface area contributed by atoms with Gasteiger partial charge in [0.15, 0.2) is 0 Å². The molecule has 2 nitrogen and oxygen atoms in total. The zero-order chi connectivity index (χ0) is 14.5. The first-order chi connectivity index (χ1) is 9.61. The fraction of sp³-hybridized carbons (Fsp3) is 0.375. The molecule has 0 unspecified atom stereocenters. The molecule has 2 rings (SSSR count). The maximum atomic E-state index is 2.36. The van der Waals surface area contributed by atoms with E-state index in [4.69, 9.17) is 0 Å². The number of rotatable bonds is 5. The molecule has 0 aliphatic heterocycles. The highest BCUT2D eigenvalue weighted by molar-refractivity contribution is 7.21. The third-order valence-electron chi connectivity index (χ3n) is 4.11. The smallest absolute Gasteiger partial charge is 0.219 e. The van der Waals surface area contributed by atoms with Crippen LogP contribution in [0.3, 0.4) is 0 Å². The number of allylic oxidation sites excluding steroid dienone is 10. The Bertz CT molecular complexity index is 433. The number of hydrogen-bond acceptors (Lipinski definition) is 2. The molecule has 0 saturated heterocycles. The van der Waals surface area contributed by atoms with Gasteiger partial charge < -0.3 is 9.62 Å². The molecule has 20 heavy (non-hydrogen) atoms. The van der Waals surface area contributed by atoms with Crippen LogP contribution in [0.15, 0.2) is 60.8 Å². The van der Waals surface area contributed by atoms with Crippen LogP contribution in [0.4, 0.5) is 0 Å². The molecule has 0 spiro atoms. The van der Waals surface area contributed by atoms with Crippen LogP contribution in [-0.2, 0) is 0 Å². The lowest BCUT2D eigenvalue weighted by atomic mass is 9.11. The molecule has 0 radical (unpaired) electrons. The molecule has 2 aliphatic rings. The van der Waals surface area contributed by atoms with Gasteiger partial charge in [0, 0.05) is 0 Å². The van der Waals surface area contributed by atoms with Crippen LogP contribution in [0.25, 0.3) is 0 Å². The van der Waals surface area contributed by atoms with Crippen LogP contribution in [0.2, 0.25) is 11.6 Å². The Balaban J connectivity index is 2.29. The minimum atomic E-state index is 0.426. The predicted octanol–water partition coefficient (Wildman–Crippen LogP) is 2.72. The molecule has 0 atom stereocenters. The summed E-state index contributed by atoms with van der Waals surface area (Å²) in [5.74, 6) is 0.908. The minimum Gasteiger partial charge on any atom is -0.351 e. The molecule has 0 fully saturated rings. The Morgan fingerprint density at radius 1 is 0.550 bits per heavy atom.